The molecule has 4 heteroatoms. The second kappa shape index (κ2) is 25.1. The van der Waals surface area contributed by atoms with Gasteiger partial charge in [-0.25, -0.2) is 0 Å². The maximum absolute atomic E-state index is 2.32. The third-order valence-electron chi connectivity index (χ3n) is 14.8. The van der Waals surface area contributed by atoms with Crippen molar-refractivity contribution in [2.75, 3.05) is 19.6 Å². The van der Waals surface area contributed by atoms with Gasteiger partial charge in [-0.05, 0) is 200 Å². The molecule has 0 spiro atoms. The Bertz CT molecular complexity index is 3760. The fourth-order valence-corrected chi connectivity index (χ4v) is 10.5. The normalized spacial score (nSPS) is 10.8. The maximum Gasteiger partial charge on any atom is 0.0490 e. The second-order valence-corrected chi connectivity index (χ2v) is 20.3. The molecular formula is C77H66N4. The summed E-state index contributed by atoms with van der Waals surface area (Å²) in [6.07, 6.45) is 1.03. The SMILES string of the molecule is CCc1ccc(N(c2ccccc2)c2ccc(-c3ccc(N(c4ccccc4)c4ccc(C)cc4)cc3)cc2)cc1.Cc1ccccc1N(c1ccccc1)c1ccc(-c2ccc(N(c3ccccc3)c3ccccc3C)cc2)cc1. The minimum absolute atomic E-state index is 1.03. The maximum atomic E-state index is 2.32. The molecule has 0 fully saturated rings. The van der Waals surface area contributed by atoms with Gasteiger partial charge in [-0.3, -0.25) is 0 Å². The van der Waals surface area contributed by atoms with Crippen molar-refractivity contribution >= 4 is 68.2 Å². The van der Waals surface area contributed by atoms with Crippen LogP contribution in [-0.4, -0.2) is 0 Å². The van der Waals surface area contributed by atoms with E-state index in [2.05, 4.69) is 363 Å². The Hall–Kier alpha value is -10.2. The molecule has 0 aliphatic heterocycles. The number of hydrogen-bond acceptors (Lipinski definition) is 4. The molecule has 0 aromatic heterocycles. The Labute approximate surface area is 479 Å². The third-order valence-corrected chi connectivity index (χ3v) is 14.8. The minimum atomic E-state index is 1.03. The Kier molecular flexibility index (Phi) is 16.4. The standard InChI is InChI=1S/C39H34N2.C38H32N2/c1-3-31-16-24-37(25-17-31)41(35-12-8-5-9-13-35)39-28-20-33(21-29-39)32-18-26-38(27-19-32)40(34-10-6-4-7-11-34)36-22-14-30(2)15-23-36;1-29-13-9-11-19-37(29)39(33-15-5-3-6-16-33)35-25-21-31(22-26-35)32-23-27-36(28-24-32)40(34-17-7-4-8-18-34)38-20-12-10-14-30(38)2/h4-29H,3H2,1-2H3;3-28H,1-2H3. The number of anilines is 12. The van der Waals surface area contributed by atoms with Crippen LogP contribution in [0.3, 0.4) is 0 Å². The molecule has 0 bridgehead atoms. The van der Waals surface area contributed by atoms with E-state index in [4.69, 9.17) is 0 Å². The van der Waals surface area contributed by atoms with Crippen LogP contribution in [0.1, 0.15) is 29.2 Å². The molecule has 0 saturated heterocycles. The van der Waals surface area contributed by atoms with Crippen LogP contribution in [0.25, 0.3) is 22.3 Å². The summed E-state index contributed by atoms with van der Waals surface area (Å²) in [5, 5.41) is 0. The Morgan fingerprint density at radius 3 is 0.716 bits per heavy atom. The number of nitrogens with zero attached hydrogens (tertiary/aromatic N) is 4. The lowest BCUT2D eigenvalue weighted by Gasteiger charge is -2.27. The molecule has 12 aromatic carbocycles. The van der Waals surface area contributed by atoms with Crippen molar-refractivity contribution in [3.63, 3.8) is 0 Å². The predicted molar refractivity (Wildman–Crippen MR) is 346 cm³/mol. The van der Waals surface area contributed by atoms with Gasteiger partial charge in [0.2, 0.25) is 0 Å². The molecule has 394 valence electrons. The monoisotopic (exact) mass is 1050 g/mol. The number of rotatable bonds is 15. The summed E-state index contributed by atoms with van der Waals surface area (Å²) in [6, 6.07) is 112. The summed E-state index contributed by atoms with van der Waals surface area (Å²) in [7, 11) is 0. The van der Waals surface area contributed by atoms with Crippen LogP contribution in [0.15, 0.2) is 315 Å². The lowest BCUT2D eigenvalue weighted by molar-refractivity contribution is 1.14. The second-order valence-electron chi connectivity index (χ2n) is 20.3. The van der Waals surface area contributed by atoms with Gasteiger partial charge in [0.15, 0.2) is 0 Å². The quantitative estimate of drug-likeness (QED) is 0.101. The van der Waals surface area contributed by atoms with Gasteiger partial charge in [0.05, 0.1) is 0 Å². The van der Waals surface area contributed by atoms with E-state index in [-0.39, 0.29) is 0 Å². The van der Waals surface area contributed by atoms with Crippen LogP contribution in [0.4, 0.5) is 68.2 Å². The van der Waals surface area contributed by atoms with Crippen molar-refractivity contribution in [1.29, 1.82) is 0 Å². The Morgan fingerprint density at radius 1 is 0.210 bits per heavy atom. The van der Waals surface area contributed by atoms with E-state index in [1.807, 2.05) is 0 Å². The zero-order valence-electron chi connectivity index (χ0n) is 46.5. The number of hydrogen-bond donors (Lipinski definition) is 0. The Morgan fingerprint density at radius 2 is 0.432 bits per heavy atom. The molecule has 0 radical (unpaired) electrons. The highest BCUT2D eigenvalue weighted by atomic mass is 15.2. The smallest absolute Gasteiger partial charge is 0.0490 e. The molecule has 0 atom stereocenters. The number of para-hydroxylation sites is 6. The van der Waals surface area contributed by atoms with E-state index in [1.54, 1.807) is 0 Å². The third kappa shape index (κ3) is 12.3. The van der Waals surface area contributed by atoms with E-state index in [9.17, 15) is 0 Å². The van der Waals surface area contributed by atoms with Crippen LogP contribution in [0.2, 0.25) is 0 Å². The predicted octanol–water partition coefficient (Wildman–Crippen LogP) is 22.1. The fourth-order valence-electron chi connectivity index (χ4n) is 10.5. The van der Waals surface area contributed by atoms with Gasteiger partial charge in [0, 0.05) is 68.2 Å². The average molecular weight is 1050 g/mol. The van der Waals surface area contributed by atoms with Gasteiger partial charge in [-0.1, -0.05) is 194 Å². The lowest BCUT2D eigenvalue weighted by Crippen LogP contribution is -2.11. The van der Waals surface area contributed by atoms with Crippen LogP contribution < -0.4 is 19.6 Å². The first-order chi connectivity index (χ1) is 39.9. The molecule has 0 saturated carbocycles. The van der Waals surface area contributed by atoms with Crippen molar-refractivity contribution in [1.82, 2.24) is 0 Å². The molecule has 0 aliphatic rings. The van der Waals surface area contributed by atoms with E-state index in [0.29, 0.717) is 0 Å². The molecule has 0 aliphatic carbocycles. The molecule has 0 amide bonds. The lowest BCUT2D eigenvalue weighted by atomic mass is 10.0. The fraction of sp³-hybridized carbons (Fsp3) is 0.0649. The first kappa shape index (κ1) is 52.9. The zero-order chi connectivity index (χ0) is 55.3. The molecular weight excluding hydrogens is 981 g/mol. The van der Waals surface area contributed by atoms with Crippen molar-refractivity contribution in [2.24, 2.45) is 0 Å². The number of aryl methyl sites for hydroxylation is 4. The van der Waals surface area contributed by atoms with Crippen LogP contribution in [0, 0.1) is 20.8 Å². The number of benzene rings is 12. The molecule has 0 unspecified atom stereocenters. The Balaban J connectivity index is 0.000000170. The minimum Gasteiger partial charge on any atom is -0.311 e. The molecule has 12 aromatic rings. The van der Waals surface area contributed by atoms with Crippen LogP contribution >= 0.6 is 0 Å². The summed E-state index contributed by atoms with van der Waals surface area (Å²) in [5.41, 5.74) is 23.6. The highest BCUT2D eigenvalue weighted by Gasteiger charge is 2.18. The zero-order valence-corrected chi connectivity index (χ0v) is 46.5. The van der Waals surface area contributed by atoms with Crippen molar-refractivity contribution in [2.45, 2.75) is 34.1 Å². The van der Waals surface area contributed by atoms with Crippen molar-refractivity contribution < 1.29 is 0 Å². The highest BCUT2D eigenvalue weighted by molar-refractivity contribution is 5.84. The van der Waals surface area contributed by atoms with E-state index >= 15 is 0 Å². The van der Waals surface area contributed by atoms with Gasteiger partial charge in [0.1, 0.15) is 0 Å². The first-order valence-electron chi connectivity index (χ1n) is 28.0. The average Bonchev–Trinajstić information content (AvgIpc) is 3.55. The molecule has 12 rings (SSSR count). The highest BCUT2D eigenvalue weighted by Crippen LogP contribution is 2.41. The molecule has 0 heterocycles. The van der Waals surface area contributed by atoms with Gasteiger partial charge < -0.3 is 19.6 Å². The van der Waals surface area contributed by atoms with E-state index < -0.39 is 0 Å². The van der Waals surface area contributed by atoms with Gasteiger partial charge >= 0.3 is 0 Å². The summed E-state index contributed by atoms with van der Waals surface area (Å²) < 4.78 is 0. The van der Waals surface area contributed by atoms with Gasteiger partial charge in [-0.15, -0.1) is 0 Å². The molecule has 81 heavy (non-hydrogen) atoms. The summed E-state index contributed by atoms with van der Waals surface area (Å²) in [6.45, 7) is 8.64. The van der Waals surface area contributed by atoms with Gasteiger partial charge in [-0.2, -0.15) is 0 Å². The van der Waals surface area contributed by atoms with Crippen molar-refractivity contribution in [3.8, 4) is 22.3 Å². The van der Waals surface area contributed by atoms with Crippen molar-refractivity contribution in [3.05, 3.63) is 338 Å². The largest absolute Gasteiger partial charge is 0.311 e. The molecule has 4 nitrogen and oxygen atoms in total. The van der Waals surface area contributed by atoms with Crippen LogP contribution in [0.5, 0.6) is 0 Å². The van der Waals surface area contributed by atoms with Crippen LogP contribution in [-0.2, 0) is 6.42 Å². The summed E-state index contributed by atoms with van der Waals surface area (Å²) >= 11 is 0. The topological polar surface area (TPSA) is 13.0 Å². The summed E-state index contributed by atoms with van der Waals surface area (Å²) in [4.78, 5) is 9.25. The van der Waals surface area contributed by atoms with Gasteiger partial charge in [0.25, 0.3) is 0 Å². The summed E-state index contributed by atoms with van der Waals surface area (Å²) in [5.74, 6) is 0. The van der Waals surface area contributed by atoms with E-state index in [0.717, 1.165) is 63.3 Å². The van der Waals surface area contributed by atoms with E-state index in [1.165, 1.54) is 55.9 Å². The molecule has 0 N–H and O–H groups in total. The first-order valence-corrected chi connectivity index (χ1v) is 28.0.